The molecule has 0 saturated carbocycles. The quantitative estimate of drug-likeness (QED) is 0.714. The normalized spacial score (nSPS) is 12.5. The minimum absolute atomic E-state index is 0.0421. The second-order valence-electron chi connectivity index (χ2n) is 3.20. The van der Waals surface area contributed by atoms with Crippen LogP contribution in [0.15, 0.2) is 24.3 Å². The zero-order chi connectivity index (χ0) is 9.84. The largest absolute Gasteiger partial charge is 0.366 e. The van der Waals surface area contributed by atoms with Gasteiger partial charge in [-0.1, -0.05) is 18.2 Å². The lowest BCUT2D eigenvalue weighted by molar-refractivity contribution is 0.0999. The molecule has 3 nitrogen and oxygen atoms in total. The van der Waals surface area contributed by atoms with Gasteiger partial charge in [-0.3, -0.25) is 4.79 Å². The van der Waals surface area contributed by atoms with Crippen LogP contribution in [0.5, 0.6) is 0 Å². The fraction of sp³-hybridized carbons (Fsp3) is 0.300. The summed E-state index contributed by atoms with van der Waals surface area (Å²) in [5, 5.41) is 0. The number of carbonyl (C=O) groups excluding carboxylic acids is 1. The van der Waals surface area contributed by atoms with Crippen LogP contribution in [0.1, 0.15) is 22.8 Å². The van der Waals surface area contributed by atoms with Crippen molar-refractivity contribution in [3.63, 3.8) is 0 Å². The number of nitrogens with two attached hydrogens (primary N) is 2. The third-order valence-electron chi connectivity index (χ3n) is 1.82. The Morgan fingerprint density at radius 1 is 1.46 bits per heavy atom. The van der Waals surface area contributed by atoms with Gasteiger partial charge >= 0.3 is 0 Å². The average molecular weight is 178 g/mol. The van der Waals surface area contributed by atoms with E-state index in [1.54, 1.807) is 12.1 Å². The molecule has 1 atom stereocenters. The summed E-state index contributed by atoms with van der Waals surface area (Å²) in [6, 6.07) is 7.32. The summed E-state index contributed by atoms with van der Waals surface area (Å²) >= 11 is 0. The van der Waals surface area contributed by atoms with E-state index in [1.165, 1.54) is 0 Å². The Morgan fingerprint density at radius 3 is 2.62 bits per heavy atom. The van der Waals surface area contributed by atoms with E-state index in [4.69, 9.17) is 11.5 Å². The Hall–Kier alpha value is -1.35. The van der Waals surface area contributed by atoms with Crippen LogP contribution in [0.4, 0.5) is 0 Å². The van der Waals surface area contributed by atoms with E-state index in [0.29, 0.717) is 12.0 Å². The first-order valence-corrected chi connectivity index (χ1v) is 4.24. The highest BCUT2D eigenvalue weighted by Gasteiger charge is 2.07. The topological polar surface area (TPSA) is 69.1 Å². The van der Waals surface area contributed by atoms with Gasteiger partial charge in [-0.15, -0.1) is 0 Å². The zero-order valence-corrected chi connectivity index (χ0v) is 7.66. The van der Waals surface area contributed by atoms with Gasteiger partial charge in [-0.25, -0.2) is 0 Å². The first-order valence-electron chi connectivity index (χ1n) is 4.24. The van der Waals surface area contributed by atoms with E-state index in [1.807, 2.05) is 19.1 Å². The third-order valence-corrected chi connectivity index (χ3v) is 1.82. The van der Waals surface area contributed by atoms with Gasteiger partial charge in [0.2, 0.25) is 5.91 Å². The van der Waals surface area contributed by atoms with Crippen molar-refractivity contribution < 1.29 is 4.79 Å². The lowest BCUT2D eigenvalue weighted by Crippen LogP contribution is -2.21. The molecular weight excluding hydrogens is 164 g/mol. The van der Waals surface area contributed by atoms with Crippen molar-refractivity contribution in [2.24, 2.45) is 11.5 Å². The first-order chi connectivity index (χ1) is 6.11. The Labute approximate surface area is 77.7 Å². The van der Waals surface area contributed by atoms with E-state index in [0.717, 1.165) is 5.56 Å². The van der Waals surface area contributed by atoms with Gasteiger partial charge in [0.25, 0.3) is 0 Å². The van der Waals surface area contributed by atoms with Crippen LogP contribution in [0.3, 0.4) is 0 Å². The van der Waals surface area contributed by atoms with Gasteiger partial charge < -0.3 is 11.5 Å². The molecule has 0 aliphatic carbocycles. The molecule has 0 radical (unpaired) electrons. The van der Waals surface area contributed by atoms with Crippen molar-refractivity contribution in [1.29, 1.82) is 0 Å². The van der Waals surface area contributed by atoms with Gasteiger partial charge in [0.15, 0.2) is 0 Å². The molecule has 0 aromatic heterocycles. The second-order valence-corrected chi connectivity index (χ2v) is 3.20. The number of primary amides is 1. The average Bonchev–Trinajstić information content (AvgIpc) is 2.03. The molecule has 13 heavy (non-hydrogen) atoms. The third kappa shape index (κ3) is 2.56. The molecule has 1 amide bonds. The fourth-order valence-corrected chi connectivity index (χ4v) is 1.29. The van der Waals surface area contributed by atoms with Crippen molar-refractivity contribution in [2.75, 3.05) is 0 Å². The number of carbonyl (C=O) groups is 1. The van der Waals surface area contributed by atoms with Gasteiger partial charge in [-0.05, 0) is 25.0 Å². The smallest absolute Gasteiger partial charge is 0.248 e. The van der Waals surface area contributed by atoms with Crippen molar-refractivity contribution in [3.05, 3.63) is 35.4 Å². The maximum absolute atomic E-state index is 11.0. The van der Waals surface area contributed by atoms with E-state index < -0.39 is 5.91 Å². The lowest BCUT2D eigenvalue weighted by atomic mass is 10.0. The molecule has 0 bridgehead atoms. The zero-order valence-electron chi connectivity index (χ0n) is 7.66. The SMILES string of the molecule is CC(N)Cc1ccccc1C(N)=O. The number of benzene rings is 1. The standard InChI is InChI=1S/C10H14N2O/c1-7(11)6-8-4-2-3-5-9(8)10(12)13/h2-5,7H,6,11H2,1H3,(H2,12,13). The molecule has 0 spiro atoms. The van der Waals surface area contributed by atoms with Crippen molar-refractivity contribution >= 4 is 5.91 Å². The summed E-state index contributed by atoms with van der Waals surface area (Å²) in [6.45, 7) is 1.90. The van der Waals surface area contributed by atoms with Crippen LogP contribution in [-0.4, -0.2) is 11.9 Å². The number of amides is 1. The minimum Gasteiger partial charge on any atom is -0.366 e. The highest BCUT2D eigenvalue weighted by atomic mass is 16.1. The van der Waals surface area contributed by atoms with Crippen LogP contribution in [0.2, 0.25) is 0 Å². The van der Waals surface area contributed by atoms with Crippen LogP contribution in [-0.2, 0) is 6.42 Å². The highest BCUT2D eigenvalue weighted by molar-refractivity contribution is 5.94. The van der Waals surface area contributed by atoms with Crippen LogP contribution < -0.4 is 11.5 Å². The molecule has 1 aromatic carbocycles. The van der Waals surface area contributed by atoms with Gasteiger partial charge in [-0.2, -0.15) is 0 Å². The van der Waals surface area contributed by atoms with Gasteiger partial charge in [0.05, 0.1) is 0 Å². The van der Waals surface area contributed by atoms with Gasteiger partial charge in [0, 0.05) is 11.6 Å². The second kappa shape index (κ2) is 4.05. The summed E-state index contributed by atoms with van der Waals surface area (Å²) in [5.74, 6) is -0.392. The predicted octanol–water partition coefficient (Wildman–Crippen LogP) is 0.675. The number of hydrogen-bond acceptors (Lipinski definition) is 2. The Bertz CT molecular complexity index is 308. The molecule has 1 aromatic rings. The molecule has 3 heteroatoms. The Morgan fingerprint density at radius 2 is 2.08 bits per heavy atom. The fourth-order valence-electron chi connectivity index (χ4n) is 1.29. The molecule has 0 heterocycles. The monoisotopic (exact) mass is 178 g/mol. The van der Waals surface area contributed by atoms with Crippen LogP contribution in [0.25, 0.3) is 0 Å². The highest BCUT2D eigenvalue weighted by Crippen LogP contribution is 2.09. The van der Waals surface area contributed by atoms with Crippen LogP contribution >= 0.6 is 0 Å². The maximum atomic E-state index is 11.0. The summed E-state index contributed by atoms with van der Waals surface area (Å²) in [7, 11) is 0. The Balaban J connectivity index is 2.98. The molecule has 4 N–H and O–H groups in total. The molecule has 0 fully saturated rings. The lowest BCUT2D eigenvalue weighted by Gasteiger charge is -2.08. The molecular formula is C10H14N2O. The first kappa shape index (κ1) is 9.74. The molecule has 0 aliphatic rings. The summed E-state index contributed by atoms with van der Waals surface area (Å²) < 4.78 is 0. The number of hydrogen-bond donors (Lipinski definition) is 2. The van der Waals surface area contributed by atoms with E-state index in [2.05, 4.69) is 0 Å². The number of rotatable bonds is 3. The molecule has 1 rings (SSSR count). The minimum atomic E-state index is -0.392. The summed E-state index contributed by atoms with van der Waals surface area (Å²) in [6.07, 6.45) is 0.680. The molecule has 70 valence electrons. The summed E-state index contributed by atoms with van der Waals surface area (Å²) in [4.78, 5) is 11.0. The van der Waals surface area contributed by atoms with Crippen molar-refractivity contribution in [2.45, 2.75) is 19.4 Å². The van der Waals surface area contributed by atoms with Crippen molar-refractivity contribution in [3.8, 4) is 0 Å². The van der Waals surface area contributed by atoms with Crippen molar-refractivity contribution in [1.82, 2.24) is 0 Å². The molecule has 0 saturated heterocycles. The van der Waals surface area contributed by atoms with E-state index >= 15 is 0 Å². The predicted molar refractivity (Wildman–Crippen MR) is 52.3 cm³/mol. The summed E-state index contributed by atoms with van der Waals surface area (Å²) in [5.41, 5.74) is 12.3. The van der Waals surface area contributed by atoms with Gasteiger partial charge in [0.1, 0.15) is 0 Å². The van der Waals surface area contributed by atoms with E-state index in [9.17, 15) is 4.79 Å². The Kier molecular flexibility index (Phi) is 3.03. The molecule has 1 unspecified atom stereocenters. The van der Waals surface area contributed by atoms with Crippen LogP contribution in [0, 0.1) is 0 Å². The maximum Gasteiger partial charge on any atom is 0.248 e. The molecule has 0 aliphatic heterocycles. The van der Waals surface area contributed by atoms with E-state index in [-0.39, 0.29) is 6.04 Å².